The molecule has 0 amide bonds. The highest BCUT2D eigenvalue weighted by atomic mass is 16.7. The van der Waals surface area contributed by atoms with E-state index in [1.807, 2.05) is 38.1 Å². The lowest BCUT2D eigenvalue weighted by molar-refractivity contribution is -0.105. The summed E-state index contributed by atoms with van der Waals surface area (Å²) in [6.07, 6.45) is 0.671. The lowest BCUT2D eigenvalue weighted by Crippen LogP contribution is -2.15. The highest BCUT2D eigenvalue weighted by molar-refractivity contribution is 5.91. The summed E-state index contributed by atoms with van der Waals surface area (Å²) in [6.45, 7) is 5.83. The molecule has 2 aromatic carbocycles. The minimum absolute atomic E-state index is 0.212. The molecule has 2 heterocycles. The molecule has 1 aliphatic heterocycles. The molecule has 1 aromatic heterocycles. The van der Waals surface area contributed by atoms with Crippen molar-refractivity contribution in [3.05, 3.63) is 93.8 Å². The van der Waals surface area contributed by atoms with E-state index in [2.05, 4.69) is 4.98 Å². The van der Waals surface area contributed by atoms with Crippen LogP contribution in [0.4, 0.5) is 0 Å². The van der Waals surface area contributed by atoms with E-state index < -0.39 is 18.2 Å². The zero-order valence-electron chi connectivity index (χ0n) is 17.0. The van der Waals surface area contributed by atoms with Gasteiger partial charge in [0.2, 0.25) is 6.29 Å². The van der Waals surface area contributed by atoms with Crippen LogP contribution in [0.5, 0.6) is 5.75 Å². The fourth-order valence-corrected chi connectivity index (χ4v) is 3.18. The number of carbonyl (C=O) groups excluding carboxylic acids is 2. The van der Waals surface area contributed by atoms with Crippen LogP contribution in [-0.2, 0) is 16.1 Å². The Morgan fingerprint density at radius 1 is 0.900 bits per heavy atom. The second kappa shape index (κ2) is 8.08. The fourth-order valence-electron chi connectivity index (χ4n) is 3.18. The van der Waals surface area contributed by atoms with Crippen LogP contribution >= 0.6 is 0 Å². The van der Waals surface area contributed by atoms with Gasteiger partial charge in [-0.3, -0.25) is 4.98 Å². The molecule has 0 saturated carbocycles. The number of ether oxygens (including phenoxy) is 3. The molecule has 1 aliphatic rings. The molecule has 0 unspecified atom stereocenters. The molecule has 0 saturated heterocycles. The third kappa shape index (κ3) is 3.95. The predicted molar refractivity (Wildman–Crippen MR) is 109 cm³/mol. The van der Waals surface area contributed by atoms with Gasteiger partial charge in [-0.15, -0.1) is 0 Å². The number of fused-ring (bicyclic) bond motifs is 1. The molecule has 30 heavy (non-hydrogen) atoms. The highest BCUT2D eigenvalue weighted by Crippen LogP contribution is 2.40. The van der Waals surface area contributed by atoms with Crippen LogP contribution in [0.2, 0.25) is 0 Å². The van der Waals surface area contributed by atoms with Gasteiger partial charge in [0.05, 0.1) is 29.0 Å². The Balaban J connectivity index is 1.60. The number of carbonyl (C=O) groups is 2. The van der Waals surface area contributed by atoms with Crippen molar-refractivity contribution in [1.82, 2.24) is 4.98 Å². The second-order valence-corrected chi connectivity index (χ2v) is 7.28. The summed E-state index contributed by atoms with van der Waals surface area (Å²) in [4.78, 5) is 29.5. The number of aryl methyl sites for hydroxylation is 3. The lowest BCUT2D eigenvalue weighted by atomic mass is 10.1. The maximum Gasteiger partial charge on any atom is 0.343 e. The van der Waals surface area contributed by atoms with Crippen molar-refractivity contribution in [2.45, 2.75) is 33.7 Å². The topological polar surface area (TPSA) is 74.7 Å². The zero-order valence-corrected chi connectivity index (χ0v) is 17.0. The Labute approximate surface area is 174 Å². The van der Waals surface area contributed by atoms with Crippen LogP contribution < -0.4 is 4.74 Å². The van der Waals surface area contributed by atoms with Crippen molar-refractivity contribution in [2.24, 2.45) is 0 Å². The molecule has 0 bridgehead atoms. The van der Waals surface area contributed by atoms with Crippen molar-refractivity contribution in [3.63, 3.8) is 0 Å². The first-order chi connectivity index (χ1) is 14.4. The van der Waals surface area contributed by atoms with Crippen molar-refractivity contribution in [3.8, 4) is 5.75 Å². The highest BCUT2D eigenvalue weighted by Gasteiger charge is 2.33. The Kier molecular flexibility index (Phi) is 5.33. The molecule has 1 atom stereocenters. The smallest absolute Gasteiger partial charge is 0.343 e. The van der Waals surface area contributed by atoms with E-state index in [4.69, 9.17) is 14.2 Å². The summed E-state index contributed by atoms with van der Waals surface area (Å²) in [5, 5.41) is 0. The minimum atomic E-state index is -0.976. The third-order valence-electron chi connectivity index (χ3n) is 4.94. The summed E-state index contributed by atoms with van der Waals surface area (Å²) < 4.78 is 16.9. The van der Waals surface area contributed by atoms with Crippen LogP contribution in [0.1, 0.15) is 55.0 Å². The third-order valence-corrected chi connectivity index (χ3v) is 4.94. The Morgan fingerprint density at radius 2 is 1.47 bits per heavy atom. The first-order valence-corrected chi connectivity index (χ1v) is 9.59. The van der Waals surface area contributed by atoms with E-state index in [0.29, 0.717) is 27.9 Å². The number of hydrogen-bond acceptors (Lipinski definition) is 6. The second-order valence-electron chi connectivity index (χ2n) is 7.28. The standard InChI is InChI=1S/C24H21NO5/c1-14-4-8-17(9-5-14)22(26)29-21-16(3)25-12-19-13-28-24(20(19)21)30-23(27)18-10-6-15(2)7-11-18/h4-12,24H,13H2,1-3H3/t24-/m1/s1. The number of rotatable bonds is 4. The van der Waals surface area contributed by atoms with Crippen molar-refractivity contribution >= 4 is 11.9 Å². The Hall–Kier alpha value is -3.51. The van der Waals surface area contributed by atoms with E-state index in [0.717, 1.165) is 11.1 Å². The van der Waals surface area contributed by atoms with Crippen molar-refractivity contribution < 1.29 is 23.8 Å². The van der Waals surface area contributed by atoms with E-state index in [1.54, 1.807) is 37.4 Å². The maximum atomic E-state index is 12.7. The fraction of sp³-hybridized carbons (Fsp3) is 0.208. The molecule has 0 aliphatic carbocycles. The average Bonchev–Trinajstić information content (AvgIpc) is 3.14. The number of aromatic nitrogens is 1. The zero-order chi connectivity index (χ0) is 21.3. The molecule has 0 fully saturated rings. The summed E-state index contributed by atoms with van der Waals surface area (Å²) >= 11 is 0. The lowest BCUT2D eigenvalue weighted by Gasteiger charge is -2.17. The van der Waals surface area contributed by atoms with Gasteiger partial charge in [0.1, 0.15) is 0 Å². The van der Waals surface area contributed by atoms with E-state index >= 15 is 0 Å². The van der Waals surface area contributed by atoms with Crippen LogP contribution in [-0.4, -0.2) is 16.9 Å². The van der Waals surface area contributed by atoms with E-state index in [9.17, 15) is 9.59 Å². The number of benzene rings is 2. The number of esters is 2. The van der Waals surface area contributed by atoms with Gasteiger partial charge in [0.25, 0.3) is 0 Å². The van der Waals surface area contributed by atoms with Crippen LogP contribution in [0.25, 0.3) is 0 Å². The summed E-state index contributed by atoms with van der Waals surface area (Å²) in [6, 6.07) is 14.2. The van der Waals surface area contributed by atoms with Crippen molar-refractivity contribution in [2.75, 3.05) is 0 Å². The van der Waals surface area contributed by atoms with Gasteiger partial charge in [-0.25, -0.2) is 9.59 Å². The molecular formula is C24H21NO5. The molecule has 4 rings (SSSR count). The number of hydrogen-bond donors (Lipinski definition) is 0. The van der Waals surface area contributed by atoms with Gasteiger partial charge in [-0.2, -0.15) is 0 Å². The minimum Gasteiger partial charge on any atom is -0.427 e. The van der Waals surface area contributed by atoms with Gasteiger partial charge in [-0.1, -0.05) is 35.4 Å². The van der Waals surface area contributed by atoms with E-state index in [-0.39, 0.29) is 12.4 Å². The summed E-state index contributed by atoms with van der Waals surface area (Å²) in [5.41, 5.74) is 4.67. The monoisotopic (exact) mass is 403 g/mol. The first-order valence-electron chi connectivity index (χ1n) is 9.59. The van der Waals surface area contributed by atoms with Crippen LogP contribution in [0.15, 0.2) is 54.7 Å². The van der Waals surface area contributed by atoms with Gasteiger partial charge >= 0.3 is 11.9 Å². The van der Waals surface area contributed by atoms with Gasteiger partial charge in [0.15, 0.2) is 5.75 Å². The number of pyridine rings is 1. The maximum absolute atomic E-state index is 12.7. The molecular weight excluding hydrogens is 382 g/mol. The average molecular weight is 403 g/mol. The largest absolute Gasteiger partial charge is 0.427 e. The van der Waals surface area contributed by atoms with Gasteiger partial charge in [0, 0.05) is 11.8 Å². The molecule has 6 heteroatoms. The van der Waals surface area contributed by atoms with Gasteiger partial charge < -0.3 is 14.2 Å². The Bertz CT molecular complexity index is 1100. The molecule has 0 spiro atoms. The molecule has 152 valence electrons. The molecule has 3 aromatic rings. The molecule has 0 radical (unpaired) electrons. The summed E-state index contributed by atoms with van der Waals surface area (Å²) in [5.74, 6) is -0.765. The van der Waals surface area contributed by atoms with Gasteiger partial charge in [-0.05, 0) is 45.0 Å². The van der Waals surface area contributed by atoms with Crippen molar-refractivity contribution in [1.29, 1.82) is 0 Å². The van der Waals surface area contributed by atoms with Crippen LogP contribution in [0, 0.1) is 20.8 Å². The molecule has 6 nitrogen and oxygen atoms in total. The SMILES string of the molecule is Cc1ccc(C(=O)Oc2c(C)ncc3c2[C@@H](OC(=O)c2ccc(C)cc2)OC3)cc1. The summed E-state index contributed by atoms with van der Waals surface area (Å²) in [7, 11) is 0. The van der Waals surface area contributed by atoms with E-state index in [1.165, 1.54) is 0 Å². The quantitative estimate of drug-likeness (QED) is 0.592. The normalized spacial score (nSPS) is 14.8. The number of nitrogens with zero attached hydrogens (tertiary/aromatic N) is 1. The Morgan fingerprint density at radius 3 is 2.07 bits per heavy atom. The predicted octanol–water partition coefficient (Wildman–Crippen LogP) is 4.61. The molecule has 0 N–H and O–H groups in total. The first kappa shape index (κ1) is 19.8. The van der Waals surface area contributed by atoms with Crippen LogP contribution in [0.3, 0.4) is 0 Å².